The van der Waals surface area contributed by atoms with Crippen LogP contribution >= 0.6 is 0 Å². The molecule has 1 aliphatic rings. The lowest BCUT2D eigenvalue weighted by Crippen LogP contribution is -2.52. The van der Waals surface area contributed by atoms with E-state index in [1.165, 1.54) is 5.06 Å². The van der Waals surface area contributed by atoms with Crippen molar-refractivity contribution in [3.8, 4) is 0 Å². The molecule has 0 aliphatic carbocycles. The summed E-state index contributed by atoms with van der Waals surface area (Å²) in [5.74, 6) is 0. The van der Waals surface area contributed by atoms with E-state index in [1.807, 2.05) is 44.2 Å². The first-order chi connectivity index (χ1) is 7.20. The molecule has 15 heavy (non-hydrogen) atoms. The van der Waals surface area contributed by atoms with Crippen molar-refractivity contribution in [2.24, 2.45) is 5.10 Å². The standard InChI is InChI=1S/C11H15N3O/c1-8-11(10-6-4-3-5-7-10)13-12-9(2)14(8)15/h3-9,12,15H,1-2H3. The minimum absolute atomic E-state index is 0.0938. The first-order valence-corrected chi connectivity index (χ1v) is 5.06. The number of nitrogens with one attached hydrogen (secondary N) is 1. The van der Waals surface area contributed by atoms with Gasteiger partial charge in [-0.3, -0.25) is 5.43 Å². The summed E-state index contributed by atoms with van der Waals surface area (Å²) >= 11 is 0. The highest BCUT2D eigenvalue weighted by Crippen LogP contribution is 2.13. The van der Waals surface area contributed by atoms with Crippen molar-refractivity contribution in [2.75, 3.05) is 0 Å². The van der Waals surface area contributed by atoms with E-state index >= 15 is 0 Å². The minimum Gasteiger partial charge on any atom is -0.311 e. The molecule has 2 atom stereocenters. The molecule has 0 saturated carbocycles. The van der Waals surface area contributed by atoms with Crippen molar-refractivity contribution < 1.29 is 5.21 Å². The van der Waals surface area contributed by atoms with Gasteiger partial charge in [-0.1, -0.05) is 30.3 Å². The molecular weight excluding hydrogens is 190 g/mol. The highest BCUT2D eigenvalue weighted by Gasteiger charge is 2.27. The van der Waals surface area contributed by atoms with Crippen molar-refractivity contribution in [1.82, 2.24) is 10.5 Å². The summed E-state index contributed by atoms with van der Waals surface area (Å²) in [4.78, 5) is 0. The van der Waals surface area contributed by atoms with E-state index in [9.17, 15) is 5.21 Å². The fourth-order valence-electron chi connectivity index (χ4n) is 1.69. The molecule has 0 aromatic heterocycles. The van der Waals surface area contributed by atoms with Crippen LogP contribution in [0.3, 0.4) is 0 Å². The van der Waals surface area contributed by atoms with Crippen LogP contribution in [-0.4, -0.2) is 28.2 Å². The first-order valence-electron chi connectivity index (χ1n) is 5.06. The van der Waals surface area contributed by atoms with Crippen molar-refractivity contribution in [1.29, 1.82) is 0 Å². The Morgan fingerprint density at radius 2 is 1.93 bits per heavy atom. The van der Waals surface area contributed by atoms with Crippen LogP contribution < -0.4 is 5.43 Å². The number of hydrogen-bond donors (Lipinski definition) is 2. The molecule has 0 fully saturated rings. The topological polar surface area (TPSA) is 47.9 Å². The average Bonchev–Trinajstić information content (AvgIpc) is 2.27. The van der Waals surface area contributed by atoms with Crippen molar-refractivity contribution in [2.45, 2.75) is 26.1 Å². The summed E-state index contributed by atoms with van der Waals surface area (Å²) in [5, 5.41) is 15.3. The summed E-state index contributed by atoms with van der Waals surface area (Å²) in [5.41, 5.74) is 4.76. The molecule has 4 heteroatoms. The van der Waals surface area contributed by atoms with Gasteiger partial charge < -0.3 is 5.21 Å². The predicted molar refractivity (Wildman–Crippen MR) is 58.7 cm³/mol. The average molecular weight is 205 g/mol. The van der Waals surface area contributed by atoms with Gasteiger partial charge in [-0.2, -0.15) is 10.2 Å². The van der Waals surface area contributed by atoms with Crippen LogP contribution in [0.5, 0.6) is 0 Å². The highest BCUT2D eigenvalue weighted by molar-refractivity contribution is 6.04. The molecule has 2 N–H and O–H groups in total. The Morgan fingerprint density at radius 3 is 2.60 bits per heavy atom. The zero-order valence-corrected chi connectivity index (χ0v) is 8.88. The van der Waals surface area contributed by atoms with Crippen LogP contribution in [0.1, 0.15) is 19.4 Å². The van der Waals surface area contributed by atoms with Crippen molar-refractivity contribution >= 4 is 5.71 Å². The van der Waals surface area contributed by atoms with E-state index < -0.39 is 0 Å². The molecule has 80 valence electrons. The number of rotatable bonds is 1. The van der Waals surface area contributed by atoms with Crippen LogP contribution in [0.25, 0.3) is 0 Å². The largest absolute Gasteiger partial charge is 0.311 e. The quantitative estimate of drug-likeness (QED) is 0.729. The molecule has 0 bridgehead atoms. The minimum atomic E-state index is -0.146. The second kappa shape index (κ2) is 4.00. The lowest BCUT2D eigenvalue weighted by atomic mass is 10.0. The van der Waals surface area contributed by atoms with Crippen LogP contribution in [0, 0.1) is 0 Å². The van der Waals surface area contributed by atoms with Gasteiger partial charge in [0.2, 0.25) is 0 Å². The number of hydrazone groups is 1. The first kappa shape index (κ1) is 10.1. The van der Waals surface area contributed by atoms with Gasteiger partial charge in [0, 0.05) is 0 Å². The zero-order valence-electron chi connectivity index (χ0n) is 8.88. The predicted octanol–water partition coefficient (Wildman–Crippen LogP) is 1.42. The fraction of sp³-hybridized carbons (Fsp3) is 0.364. The molecule has 0 amide bonds. The third-order valence-electron chi connectivity index (χ3n) is 2.63. The van der Waals surface area contributed by atoms with Gasteiger partial charge in [-0.05, 0) is 19.4 Å². The smallest absolute Gasteiger partial charge is 0.117 e. The lowest BCUT2D eigenvalue weighted by Gasteiger charge is -2.33. The summed E-state index contributed by atoms with van der Waals surface area (Å²) in [6.07, 6.45) is -0.146. The van der Waals surface area contributed by atoms with Gasteiger partial charge in [0.1, 0.15) is 6.17 Å². The maximum absolute atomic E-state index is 9.77. The van der Waals surface area contributed by atoms with Crippen molar-refractivity contribution in [3.63, 3.8) is 0 Å². The monoisotopic (exact) mass is 205 g/mol. The molecule has 0 spiro atoms. The molecule has 0 saturated heterocycles. The van der Waals surface area contributed by atoms with E-state index in [2.05, 4.69) is 10.5 Å². The highest BCUT2D eigenvalue weighted by atomic mass is 16.5. The van der Waals surface area contributed by atoms with Crippen LogP contribution in [0.4, 0.5) is 0 Å². The van der Waals surface area contributed by atoms with Gasteiger partial charge in [0.25, 0.3) is 0 Å². The number of nitrogens with zero attached hydrogens (tertiary/aromatic N) is 2. The second-order valence-corrected chi connectivity index (χ2v) is 3.72. The Morgan fingerprint density at radius 1 is 1.27 bits per heavy atom. The molecular formula is C11H15N3O. The molecule has 1 aromatic carbocycles. The molecule has 1 heterocycles. The Bertz CT molecular complexity index is 363. The van der Waals surface area contributed by atoms with E-state index in [1.54, 1.807) is 0 Å². The maximum atomic E-state index is 9.77. The third kappa shape index (κ3) is 1.86. The summed E-state index contributed by atoms with van der Waals surface area (Å²) < 4.78 is 0. The molecule has 4 nitrogen and oxygen atoms in total. The molecule has 1 aromatic rings. The number of hydrogen-bond acceptors (Lipinski definition) is 4. The summed E-state index contributed by atoms with van der Waals surface area (Å²) in [7, 11) is 0. The molecule has 1 aliphatic heterocycles. The SMILES string of the molecule is CC1NN=C(c2ccccc2)C(C)N1O. The van der Waals surface area contributed by atoms with Crippen LogP contribution in [0.2, 0.25) is 0 Å². The van der Waals surface area contributed by atoms with Gasteiger partial charge in [0.15, 0.2) is 0 Å². The van der Waals surface area contributed by atoms with E-state index in [0.29, 0.717) is 0 Å². The molecule has 0 radical (unpaired) electrons. The number of hydroxylamine groups is 2. The summed E-state index contributed by atoms with van der Waals surface area (Å²) in [6, 6.07) is 9.77. The van der Waals surface area contributed by atoms with Crippen molar-refractivity contribution in [3.05, 3.63) is 35.9 Å². The van der Waals surface area contributed by atoms with Gasteiger partial charge in [-0.25, -0.2) is 0 Å². The fourth-order valence-corrected chi connectivity index (χ4v) is 1.69. The number of benzene rings is 1. The van der Waals surface area contributed by atoms with Gasteiger partial charge >= 0.3 is 0 Å². The Kier molecular flexibility index (Phi) is 2.70. The van der Waals surface area contributed by atoms with E-state index in [0.717, 1.165) is 11.3 Å². The normalized spacial score (nSPS) is 27.0. The van der Waals surface area contributed by atoms with E-state index in [4.69, 9.17) is 0 Å². The Hall–Kier alpha value is -1.39. The van der Waals surface area contributed by atoms with Gasteiger partial charge in [0.05, 0.1) is 11.8 Å². The van der Waals surface area contributed by atoms with E-state index in [-0.39, 0.29) is 12.2 Å². The summed E-state index contributed by atoms with van der Waals surface area (Å²) in [6.45, 7) is 3.80. The van der Waals surface area contributed by atoms with Crippen LogP contribution in [0.15, 0.2) is 35.4 Å². The third-order valence-corrected chi connectivity index (χ3v) is 2.63. The van der Waals surface area contributed by atoms with Crippen LogP contribution in [-0.2, 0) is 0 Å². The Balaban J connectivity index is 2.31. The van der Waals surface area contributed by atoms with Gasteiger partial charge in [-0.15, -0.1) is 0 Å². The zero-order chi connectivity index (χ0) is 10.8. The second-order valence-electron chi connectivity index (χ2n) is 3.72. The lowest BCUT2D eigenvalue weighted by molar-refractivity contribution is -0.147. The Labute approximate surface area is 89.2 Å². The molecule has 2 rings (SSSR count). The maximum Gasteiger partial charge on any atom is 0.117 e. The molecule has 2 unspecified atom stereocenters.